The first-order valence-corrected chi connectivity index (χ1v) is 7.35. The topological polar surface area (TPSA) is 44.0 Å². The van der Waals surface area contributed by atoms with Crippen molar-refractivity contribution in [2.45, 2.75) is 51.6 Å². The van der Waals surface area contributed by atoms with Crippen molar-refractivity contribution in [3.8, 4) is 6.07 Å². The fourth-order valence-corrected chi connectivity index (χ4v) is 3.40. The van der Waals surface area contributed by atoms with Gasteiger partial charge in [0.1, 0.15) is 11.4 Å². The van der Waals surface area contributed by atoms with E-state index >= 15 is 0 Å². The van der Waals surface area contributed by atoms with E-state index in [4.69, 9.17) is 0 Å². The van der Waals surface area contributed by atoms with Gasteiger partial charge in [-0.05, 0) is 44.6 Å². The van der Waals surface area contributed by atoms with Crippen LogP contribution in [0.4, 0.5) is 4.39 Å². The van der Waals surface area contributed by atoms with Crippen LogP contribution in [0.1, 0.15) is 51.5 Å². The molecular formula is C17H22FNO. The predicted molar refractivity (Wildman–Crippen MR) is 76.3 cm³/mol. The molecule has 20 heavy (non-hydrogen) atoms. The van der Waals surface area contributed by atoms with Gasteiger partial charge in [-0.2, -0.15) is 5.26 Å². The summed E-state index contributed by atoms with van der Waals surface area (Å²) < 4.78 is 14.0. The van der Waals surface area contributed by atoms with Crippen LogP contribution in [-0.4, -0.2) is 5.11 Å². The van der Waals surface area contributed by atoms with E-state index in [0.717, 1.165) is 19.3 Å². The number of nitrogens with zero attached hydrogens (tertiary/aromatic N) is 1. The summed E-state index contributed by atoms with van der Waals surface area (Å²) in [6.07, 6.45) is 4.21. The highest BCUT2D eigenvalue weighted by atomic mass is 19.1. The van der Waals surface area contributed by atoms with Gasteiger partial charge in [-0.3, -0.25) is 0 Å². The summed E-state index contributed by atoms with van der Waals surface area (Å²) in [5, 5.41) is 20.6. The van der Waals surface area contributed by atoms with Gasteiger partial charge in [-0.15, -0.1) is 0 Å². The minimum absolute atomic E-state index is 0.233. The summed E-state index contributed by atoms with van der Waals surface area (Å²) in [4.78, 5) is 0. The number of hydrogen-bond donors (Lipinski definition) is 1. The summed E-state index contributed by atoms with van der Waals surface area (Å²) in [5.74, 6) is 0.178. The Morgan fingerprint density at radius 3 is 2.50 bits per heavy atom. The maximum Gasteiger partial charge on any atom is 0.129 e. The van der Waals surface area contributed by atoms with Crippen molar-refractivity contribution in [1.29, 1.82) is 5.26 Å². The van der Waals surface area contributed by atoms with Crippen LogP contribution in [0, 0.1) is 28.5 Å². The average molecular weight is 275 g/mol. The van der Waals surface area contributed by atoms with E-state index in [1.807, 2.05) is 0 Å². The molecule has 2 rings (SSSR count). The predicted octanol–water partition coefficient (Wildman–Crippen LogP) is 4.14. The zero-order valence-corrected chi connectivity index (χ0v) is 12.2. The van der Waals surface area contributed by atoms with Gasteiger partial charge in [0.15, 0.2) is 0 Å². The van der Waals surface area contributed by atoms with Crippen LogP contribution in [0.5, 0.6) is 0 Å². The van der Waals surface area contributed by atoms with Gasteiger partial charge in [0.25, 0.3) is 0 Å². The number of aliphatic hydroxyl groups is 1. The van der Waals surface area contributed by atoms with E-state index in [1.165, 1.54) is 6.07 Å². The van der Waals surface area contributed by atoms with Crippen molar-refractivity contribution < 1.29 is 9.50 Å². The molecule has 1 aliphatic rings. The van der Waals surface area contributed by atoms with Crippen LogP contribution >= 0.6 is 0 Å². The second kappa shape index (κ2) is 5.54. The quantitative estimate of drug-likeness (QED) is 0.900. The van der Waals surface area contributed by atoms with E-state index in [1.54, 1.807) is 25.1 Å². The van der Waals surface area contributed by atoms with E-state index in [-0.39, 0.29) is 5.56 Å². The molecule has 0 heterocycles. The van der Waals surface area contributed by atoms with Crippen LogP contribution in [0.25, 0.3) is 0 Å². The summed E-state index contributed by atoms with van der Waals surface area (Å²) in [7, 11) is 0. The molecule has 0 aliphatic heterocycles. The molecule has 0 aromatic heterocycles. The molecule has 108 valence electrons. The number of nitriles is 1. The molecule has 1 atom stereocenters. The number of halogens is 1. The number of benzene rings is 1. The van der Waals surface area contributed by atoms with Crippen LogP contribution in [0.15, 0.2) is 24.3 Å². The van der Waals surface area contributed by atoms with Crippen LogP contribution in [-0.2, 0) is 5.60 Å². The first-order chi connectivity index (χ1) is 9.47. The first kappa shape index (κ1) is 15.0. The molecule has 3 heteroatoms. The summed E-state index contributed by atoms with van der Waals surface area (Å²) in [6, 6.07) is 8.54. The SMILES string of the molecule is CCC1CCC(C#N)(C(C)(O)c2ccccc2F)CC1. The first-order valence-electron chi connectivity index (χ1n) is 7.35. The molecule has 1 saturated carbocycles. The van der Waals surface area contributed by atoms with E-state index in [9.17, 15) is 14.8 Å². The molecule has 1 fully saturated rings. The molecule has 1 unspecified atom stereocenters. The lowest BCUT2D eigenvalue weighted by molar-refractivity contribution is -0.0720. The van der Waals surface area contributed by atoms with Gasteiger partial charge in [0.2, 0.25) is 0 Å². The Balaban J connectivity index is 2.36. The third kappa shape index (κ3) is 2.33. The van der Waals surface area contributed by atoms with E-state index in [2.05, 4.69) is 13.0 Å². The number of hydrogen-bond acceptors (Lipinski definition) is 2. The van der Waals surface area contributed by atoms with E-state index in [0.29, 0.717) is 18.8 Å². The zero-order valence-electron chi connectivity index (χ0n) is 12.2. The zero-order chi connectivity index (χ0) is 14.8. The lowest BCUT2D eigenvalue weighted by Crippen LogP contribution is -2.45. The highest BCUT2D eigenvalue weighted by Gasteiger charge is 2.51. The van der Waals surface area contributed by atoms with Crippen molar-refractivity contribution >= 4 is 0 Å². The van der Waals surface area contributed by atoms with Gasteiger partial charge in [0, 0.05) is 5.56 Å². The van der Waals surface area contributed by atoms with Crippen molar-refractivity contribution in [3.63, 3.8) is 0 Å². The van der Waals surface area contributed by atoms with Crippen LogP contribution < -0.4 is 0 Å². The minimum Gasteiger partial charge on any atom is -0.384 e. The van der Waals surface area contributed by atoms with Crippen molar-refractivity contribution in [3.05, 3.63) is 35.6 Å². The van der Waals surface area contributed by atoms with Gasteiger partial charge in [-0.1, -0.05) is 31.5 Å². The lowest BCUT2D eigenvalue weighted by Gasteiger charge is -2.45. The Bertz CT molecular complexity index is 510. The monoisotopic (exact) mass is 275 g/mol. The van der Waals surface area contributed by atoms with E-state index < -0.39 is 16.8 Å². The lowest BCUT2D eigenvalue weighted by atomic mass is 9.60. The minimum atomic E-state index is -1.45. The summed E-state index contributed by atoms with van der Waals surface area (Å²) >= 11 is 0. The maximum absolute atomic E-state index is 14.0. The second-order valence-electron chi connectivity index (χ2n) is 6.10. The van der Waals surface area contributed by atoms with Gasteiger partial charge < -0.3 is 5.11 Å². The van der Waals surface area contributed by atoms with Crippen molar-refractivity contribution in [2.75, 3.05) is 0 Å². The highest BCUT2D eigenvalue weighted by Crippen LogP contribution is 2.51. The standard InChI is InChI=1S/C17H22FNO/c1-3-13-8-10-17(12-19,11-9-13)16(2,20)14-6-4-5-7-15(14)18/h4-7,13,20H,3,8-11H2,1-2H3. The Hall–Kier alpha value is -1.40. The van der Waals surface area contributed by atoms with Gasteiger partial charge in [-0.25, -0.2) is 4.39 Å². The molecule has 1 aromatic carbocycles. The Kier molecular flexibility index (Phi) is 4.15. The molecule has 0 bridgehead atoms. The summed E-state index contributed by atoms with van der Waals surface area (Å²) in [6.45, 7) is 3.74. The van der Waals surface area contributed by atoms with Gasteiger partial charge >= 0.3 is 0 Å². The third-order valence-electron chi connectivity index (χ3n) is 5.08. The molecule has 0 amide bonds. The molecular weight excluding hydrogens is 253 g/mol. The third-order valence-corrected chi connectivity index (χ3v) is 5.08. The molecule has 0 saturated heterocycles. The maximum atomic E-state index is 14.0. The molecule has 1 N–H and O–H groups in total. The largest absolute Gasteiger partial charge is 0.384 e. The van der Waals surface area contributed by atoms with Crippen molar-refractivity contribution in [1.82, 2.24) is 0 Å². The smallest absolute Gasteiger partial charge is 0.129 e. The normalized spacial score (nSPS) is 29.4. The fraction of sp³-hybridized carbons (Fsp3) is 0.588. The van der Waals surface area contributed by atoms with Gasteiger partial charge in [0.05, 0.1) is 11.5 Å². The summed E-state index contributed by atoms with van der Waals surface area (Å²) in [5.41, 5.74) is -2.11. The molecule has 0 spiro atoms. The van der Waals surface area contributed by atoms with Crippen LogP contribution in [0.3, 0.4) is 0 Å². The number of rotatable bonds is 3. The molecule has 1 aromatic rings. The molecule has 2 nitrogen and oxygen atoms in total. The van der Waals surface area contributed by atoms with Crippen LogP contribution in [0.2, 0.25) is 0 Å². The van der Waals surface area contributed by atoms with Crippen molar-refractivity contribution in [2.24, 2.45) is 11.3 Å². The Morgan fingerprint density at radius 1 is 1.40 bits per heavy atom. The Morgan fingerprint density at radius 2 is 2.00 bits per heavy atom. The second-order valence-corrected chi connectivity index (χ2v) is 6.10. The molecule has 1 aliphatic carbocycles. The molecule has 0 radical (unpaired) electrons. The average Bonchev–Trinajstić information content (AvgIpc) is 2.47. The fourth-order valence-electron chi connectivity index (χ4n) is 3.40. The highest BCUT2D eigenvalue weighted by molar-refractivity contribution is 5.30. The Labute approximate surface area is 120 Å².